The zero-order valence-electron chi connectivity index (χ0n) is 14.4. The van der Waals surface area contributed by atoms with Gasteiger partial charge in [-0.05, 0) is 31.5 Å². The number of thioether (sulfide) groups is 2. The first-order valence-corrected chi connectivity index (χ1v) is 10.6. The Morgan fingerprint density at radius 2 is 1.83 bits per heavy atom. The Morgan fingerprint density at radius 1 is 1.21 bits per heavy atom. The molecule has 2 saturated heterocycles. The highest BCUT2D eigenvalue weighted by Crippen LogP contribution is 2.45. The van der Waals surface area contributed by atoms with Gasteiger partial charge in [0.1, 0.15) is 0 Å². The molecule has 0 spiro atoms. The van der Waals surface area contributed by atoms with Crippen molar-refractivity contribution in [2.24, 2.45) is 0 Å². The Bertz CT molecular complexity index is 551. The van der Waals surface area contributed by atoms with E-state index in [1.54, 1.807) is 0 Å². The van der Waals surface area contributed by atoms with E-state index in [0.29, 0.717) is 11.1 Å². The number of morpholine rings is 1. The van der Waals surface area contributed by atoms with Crippen LogP contribution in [-0.4, -0.2) is 60.7 Å². The highest BCUT2D eigenvalue weighted by Gasteiger charge is 2.28. The van der Waals surface area contributed by atoms with Crippen LogP contribution in [0, 0.1) is 0 Å². The van der Waals surface area contributed by atoms with Crippen LogP contribution in [0.15, 0.2) is 24.3 Å². The summed E-state index contributed by atoms with van der Waals surface area (Å²) in [5.74, 6) is 2.44. The van der Waals surface area contributed by atoms with Crippen LogP contribution in [0.1, 0.15) is 34.4 Å². The van der Waals surface area contributed by atoms with Crippen LogP contribution < -0.4 is 5.32 Å². The highest BCUT2D eigenvalue weighted by molar-refractivity contribution is 8.19. The fourth-order valence-corrected chi connectivity index (χ4v) is 5.88. The molecule has 0 radical (unpaired) electrons. The molecule has 0 bridgehead atoms. The number of carbonyl (C=O) groups is 1. The quantitative estimate of drug-likeness (QED) is 0.868. The number of nitrogens with zero attached hydrogens (tertiary/aromatic N) is 1. The average molecular weight is 367 g/mol. The van der Waals surface area contributed by atoms with E-state index in [2.05, 4.69) is 36.2 Å². The monoisotopic (exact) mass is 366 g/mol. The average Bonchev–Trinajstić information content (AvgIpc) is 3.15. The lowest BCUT2D eigenvalue weighted by atomic mass is 10.0. The first kappa shape index (κ1) is 18.1. The van der Waals surface area contributed by atoms with Gasteiger partial charge in [-0.2, -0.15) is 0 Å². The number of carbonyl (C=O) groups excluding carboxylic acids is 1. The van der Waals surface area contributed by atoms with Crippen molar-refractivity contribution in [1.29, 1.82) is 0 Å². The van der Waals surface area contributed by atoms with Crippen molar-refractivity contribution in [1.82, 2.24) is 10.2 Å². The predicted molar refractivity (Wildman–Crippen MR) is 103 cm³/mol. The zero-order chi connectivity index (χ0) is 17.0. The molecule has 1 aromatic rings. The molecule has 0 saturated carbocycles. The van der Waals surface area contributed by atoms with Crippen molar-refractivity contribution < 1.29 is 9.53 Å². The molecule has 2 aliphatic heterocycles. The van der Waals surface area contributed by atoms with Gasteiger partial charge in [-0.15, -0.1) is 23.5 Å². The topological polar surface area (TPSA) is 41.6 Å². The molecule has 24 heavy (non-hydrogen) atoms. The van der Waals surface area contributed by atoms with Gasteiger partial charge in [0.15, 0.2) is 0 Å². The summed E-state index contributed by atoms with van der Waals surface area (Å²) in [6.45, 7) is 8.39. The molecule has 0 aromatic heterocycles. The molecule has 0 atom stereocenters. The molecule has 6 heteroatoms. The molecular formula is C18H26N2O2S2. The van der Waals surface area contributed by atoms with Gasteiger partial charge < -0.3 is 10.1 Å². The van der Waals surface area contributed by atoms with Gasteiger partial charge >= 0.3 is 0 Å². The summed E-state index contributed by atoms with van der Waals surface area (Å²) in [6, 6.07) is 8.09. The number of ether oxygens (including phenoxy) is 1. The molecule has 4 nitrogen and oxygen atoms in total. The number of rotatable bonds is 5. The largest absolute Gasteiger partial charge is 0.379 e. The summed E-state index contributed by atoms with van der Waals surface area (Å²) in [5, 5.41) is 3.09. The van der Waals surface area contributed by atoms with Crippen LogP contribution in [0.25, 0.3) is 0 Å². The third-order valence-electron chi connectivity index (χ3n) is 4.62. The van der Waals surface area contributed by atoms with Crippen LogP contribution in [0.5, 0.6) is 0 Å². The summed E-state index contributed by atoms with van der Waals surface area (Å²) in [7, 11) is 0. The van der Waals surface area contributed by atoms with E-state index in [9.17, 15) is 4.79 Å². The van der Waals surface area contributed by atoms with E-state index in [0.717, 1.165) is 31.9 Å². The Balaban J connectivity index is 1.54. The lowest BCUT2D eigenvalue weighted by molar-refractivity contribution is -0.00923. The van der Waals surface area contributed by atoms with Gasteiger partial charge in [-0.25, -0.2) is 0 Å². The Morgan fingerprint density at radius 3 is 2.46 bits per heavy atom. The normalized spacial score (nSPS) is 20.2. The minimum absolute atomic E-state index is 0.00890. The van der Waals surface area contributed by atoms with E-state index >= 15 is 0 Å². The fraction of sp³-hybridized carbons (Fsp3) is 0.611. The van der Waals surface area contributed by atoms with Gasteiger partial charge in [0.2, 0.25) is 0 Å². The Hall–Kier alpha value is -0.690. The minimum atomic E-state index is -0.0590. The summed E-state index contributed by atoms with van der Waals surface area (Å²) < 4.78 is 5.94. The van der Waals surface area contributed by atoms with Crippen LogP contribution in [0.3, 0.4) is 0 Å². The van der Waals surface area contributed by atoms with Crippen molar-refractivity contribution in [2.45, 2.75) is 24.0 Å². The van der Waals surface area contributed by atoms with Crippen molar-refractivity contribution in [3.63, 3.8) is 0 Å². The third-order valence-corrected chi connectivity index (χ3v) is 7.72. The van der Waals surface area contributed by atoms with Crippen molar-refractivity contribution in [3.8, 4) is 0 Å². The number of benzene rings is 1. The Labute approximate surface area is 153 Å². The predicted octanol–water partition coefficient (Wildman–Crippen LogP) is 3.01. The van der Waals surface area contributed by atoms with Crippen molar-refractivity contribution >= 4 is 29.4 Å². The third kappa shape index (κ3) is 4.48. The summed E-state index contributed by atoms with van der Waals surface area (Å²) in [6.07, 6.45) is 0. The number of nitrogens with one attached hydrogen (secondary N) is 1. The first-order chi connectivity index (χ1) is 11.6. The van der Waals surface area contributed by atoms with Crippen molar-refractivity contribution in [2.75, 3.05) is 44.4 Å². The zero-order valence-corrected chi connectivity index (χ0v) is 16.0. The molecule has 2 aliphatic rings. The molecule has 3 rings (SSSR count). The highest BCUT2D eigenvalue weighted by atomic mass is 32.2. The van der Waals surface area contributed by atoms with Crippen LogP contribution >= 0.6 is 23.5 Å². The summed E-state index contributed by atoms with van der Waals surface area (Å²) >= 11 is 3.97. The molecule has 2 fully saturated rings. The molecular weight excluding hydrogens is 340 g/mol. The van der Waals surface area contributed by atoms with Gasteiger partial charge in [0.25, 0.3) is 5.91 Å². The molecule has 0 aliphatic carbocycles. The second kappa shape index (κ2) is 8.13. The van der Waals surface area contributed by atoms with Gasteiger partial charge in [-0.1, -0.05) is 12.1 Å². The van der Waals surface area contributed by atoms with E-state index in [4.69, 9.17) is 4.74 Å². The SMILES string of the molecule is CC(C)(CNC(=O)c1ccc(C2SCCS2)cc1)N1CCOCC1. The van der Waals surface area contributed by atoms with E-state index < -0.39 is 0 Å². The smallest absolute Gasteiger partial charge is 0.251 e. The lowest BCUT2D eigenvalue weighted by Gasteiger charge is -2.40. The Kier molecular flexibility index (Phi) is 6.13. The lowest BCUT2D eigenvalue weighted by Crippen LogP contribution is -2.55. The van der Waals surface area contributed by atoms with Crippen LogP contribution in [0.4, 0.5) is 0 Å². The number of amides is 1. The maximum Gasteiger partial charge on any atom is 0.251 e. The molecule has 2 heterocycles. The first-order valence-electron chi connectivity index (χ1n) is 8.50. The standard InChI is InChI=1S/C18H26N2O2S2/c1-18(2,20-7-9-22-10-8-20)13-19-16(21)14-3-5-15(6-4-14)17-23-11-12-24-17/h3-6,17H,7-13H2,1-2H3,(H,19,21). The maximum atomic E-state index is 12.4. The second-order valence-corrected chi connectivity index (χ2v) is 9.51. The van der Waals surface area contributed by atoms with E-state index in [1.807, 2.05) is 35.7 Å². The summed E-state index contributed by atoms with van der Waals surface area (Å²) in [5.41, 5.74) is 1.99. The molecule has 1 aromatic carbocycles. The molecule has 1 amide bonds. The van der Waals surface area contributed by atoms with Gasteiger partial charge in [0.05, 0.1) is 17.8 Å². The molecule has 132 valence electrons. The molecule has 1 N–H and O–H groups in total. The molecule has 0 unspecified atom stereocenters. The fourth-order valence-electron chi connectivity index (χ4n) is 3.02. The maximum absolute atomic E-state index is 12.4. The van der Waals surface area contributed by atoms with Gasteiger partial charge in [0, 0.05) is 42.2 Å². The number of hydrogen-bond donors (Lipinski definition) is 1. The van der Waals surface area contributed by atoms with Crippen molar-refractivity contribution in [3.05, 3.63) is 35.4 Å². The summed E-state index contributed by atoms with van der Waals surface area (Å²) in [4.78, 5) is 14.8. The second-order valence-electron chi connectivity index (χ2n) is 6.79. The van der Waals surface area contributed by atoms with Crippen LogP contribution in [-0.2, 0) is 4.74 Å². The minimum Gasteiger partial charge on any atom is -0.379 e. The van der Waals surface area contributed by atoms with E-state index in [1.165, 1.54) is 17.1 Å². The van der Waals surface area contributed by atoms with Gasteiger partial charge in [-0.3, -0.25) is 9.69 Å². The number of hydrogen-bond acceptors (Lipinski definition) is 5. The van der Waals surface area contributed by atoms with E-state index in [-0.39, 0.29) is 11.4 Å². The van der Waals surface area contributed by atoms with Crippen LogP contribution in [0.2, 0.25) is 0 Å².